The number of rotatable bonds is 3. The van der Waals surface area contributed by atoms with Crippen LogP contribution in [0.1, 0.15) is 26.2 Å². The van der Waals surface area contributed by atoms with E-state index in [0.717, 1.165) is 32.6 Å². The average Bonchev–Trinajstić information content (AvgIpc) is 3.10. The summed E-state index contributed by atoms with van der Waals surface area (Å²) in [5.74, 6) is 1.88. The van der Waals surface area contributed by atoms with Crippen LogP contribution in [0.5, 0.6) is 0 Å². The molecule has 3 N–H and O–H groups in total. The molecule has 0 bridgehead atoms. The van der Waals surface area contributed by atoms with Crippen LogP contribution in [-0.2, 0) is 0 Å². The Morgan fingerprint density at radius 3 is 2.35 bits per heavy atom. The lowest BCUT2D eigenvalue weighted by Gasteiger charge is -2.20. The molecule has 2 unspecified atom stereocenters. The number of aliphatic hydroxyl groups is 1. The van der Waals surface area contributed by atoms with Gasteiger partial charge in [0.05, 0.1) is 6.10 Å². The van der Waals surface area contributed by atoms with Gasteiger partial charge in [0.1, 0.15) is 0 Å². The van der Waals surface area contributed by atoms with Gasteiger partial charge in [-0.25, -0.2) is 0 Å². The monoisotopic (exact) mass is 278 g/mol. The minimum Gasteiger partial charge on any atom is -0.393 e. The van der Waals surface area contributed by atoms with Crippen LogP contribution in [-0.4, -0.2) is 52.3 Å². The van der Waals surface area contributed by atoms with Gasteiger partial charge >= 0.3 is 0 Å². The summed E-state index contributed by atoms with van der Waals surface area (Å²) < 4.78 is 0. The van der Waals surface area contributed by atoms with Crippen molar-refractivity contribution in [1.29, 1.82) is 0 Å². The van der Waals surface area contributed by atoms with Gasteiger partial charge in [0.15, 0.2) is 0 Å². The smallest absolute Gasteiger partial charge is 0.231 e. The normalized spacial score (nSPS) is 24.4. The summed E-state index contributed by atoms with van der Waals surface area (Å²) in [6, 6.07) is 0. The van der Waals surface area contributed by atoms with E-state index >= 15 is 0 Å². The molecule has 2 atom stereocenters. The summed E-state index contributed by atoms with van der Waals surface area (Å²) in [6.45, 7) is 5.45. The van der Waals surface area contributed by atoms with E-state index in [0.29, 0.717) is 11.9 Å². The third kappa shape index (κ3) is 2.63. The van der Waals surface area contributed by atoms with Crippen LogP contribution >= 0.6 is 0 Å². The lowest BCUT2D eigenvalue weighted by atomic mass is 10.0. The van der Waals surface area contributed by atoms with Crippen molar-refractivity contribution in [2.24, 2.45) is 5.92 Å². The van der Waals surface area contributed by atoms with Gasteiger partial charge in [0.25, 0.3) is 0 Å². The van der Waals surface area contributed by atoms with Crippen LogP contribution in [0, 0.1) is 5.92 Å². The van der Waals surface area contributed by atoms with Gasteiger partial charge in [-0.15, -0.1) is 0 Å². The Morgan fingerprint density at radius 1 is 1.10 bits per heavy atom. The molecule has 2 fully saturated rings. The van der Waals surface area contributed by atoms with Crippen LogP contribution in [0.4, 0.5) is 17.8 Å². The summed E-state index contributed by atoms with van der Waals surface area (Å²) in [5, 5.41) is 9.69. The Hall–Kier alpha value is -1.63. The van der Waals surface area contributed by atoms with Gasteiger partial charge in [-0.1, -0.05) is 0 Å². The maximum atomic E-state index is 9.69. The van der Waals surface area contributed by atoms with Crippen molar-refractivity contribution in [2.45, 2.75) is 32.3 Å². The Labute approximate surface area is 118 Å². The first-order valence-electron chi connectivity index (χ1n) is 7.33. The van der Waals surface area contributed by atoms with E-state index in [1.807, 2.05) is 6.92 Å². The molecule has 1 aromatic rings. The van der Waals surface area contributed by atoms with Gasteiger partial charge < -0.3 is 20.6 Å². The zero-order valence-electron chi connectivity index (χ0n) is 11.9. The van der Waals surface area contributed by atoms with Crippen molar-refractivity contribution in [3.05, 3.63) is 0 Å². The summed E-state index contributed by atoms with van der Waals surface area (Å²) in [5.41, 5.74) is 5.82. The molecule has 2 aliphatic rings. The molecule has 3 heterocycles. The molecule has 3 rings (SSSR count). The van der Waals surface area contributed by atoms with Crippen molar-refractivity contribution in [1.82, 2.24) is 15.0 Å². The number of nitrogen functional groups attached to an aromatic ring is 1. The van der Waals surface area contributed by atoms with Gasteiger partial charge in [0, 0.05) is 32.1 Å². The van der Waals surface area contributed by atoms with Crippen LogP contribution < -0.4 is 15.5 Å². The lowest BCUT2D eigenvalue weighted by molar-refractivity contribution is 0.136. The summed E-state index contributed by atoms with van der Waals surface area (Å²) >= 11 is 0. The molecule has 0 radical (unpaired) electrons. The number of nitrogens with two attached hydrogens (primary N) is 1. The highest BCUT2D eigenvalue weighted by molar-refractivity contribution is 5.44. The van der Waals surface area contributed by atoms with Crippen LogP contribution in [0.15, 0.2) is 0 Å². The number of hydrogen-bond donors (Lipinski definition) is 2. The predicted molar refractivity (Wildman–Crippen MR) is 77.7 cm³/mol. The van der Waals surface area contributed by atoms with E-state index in [-0.39, 0.29) is 18.0 Å². The summed E-state index contributed by atoms with van der Waals surface area (Å²) in [4.78, 5) is 17.3. The van der Waals surface area contributed by atoms with E-state index in [9.17, 15) is 5.11 Å². The Bertz CT molecular complexity index is 474. The van der Waals surface area contributed by atoms with Gasteiger partial charge in [0.2, 0.25) is 17.8 Å². The van der Waals surface area contributed by atoms with Crippen molar-refractivity contribution >= 4 is 17.8 Å². The highest BCUT2D eigenvalue weighted by Gasteiger charge is 2.28. The van der Waals surface area contributed by atoms with E-state index in [4.69, 9.17) is 5.73 Å². The fourth-order valence-corrected chi connectivity index (χ4v) is 2.93. The maximum absolute atomic E-state index is 9.69. The third-order valence-electron chi connectivity index (χ3n) is 4.21. The molecule has 20 heavy (non-hydrogen) atoms. The second-order valence-electron chi connectivity index (χ2n) is 5.72. The van der Waals surface area contributed by atoms with E-state index in [1.54, 1.807) is 0 Å². The highest BCUT2D eigenvalue weighted by Crippen LogP contribution is 2.25. The molecule has 1 aromatic heterocycles. The molecular formula is C13H22N6O. The average molecular weight is 278 g/mol. The molecule has 7 nitrogen and oxygen atoms in total. The molecule has 0 spiro atoms. The fraction of sp³-hybridized carbons (Fsp3) is 0.769. The summed E-state index contributed by atoms with van der Waals surface area (Å²) in [6.07, 6.45) is 3.02. The fourth-order valence-electron chi connectivity index (χ4n) is 2.93. The minimum atomic E-state index is -0.294. The SMILES string of the molecule is CC(O)C1CCN(c2nc(N)nc(N3CCCC3)n2)C1. The molecule has 0 saturated carbocycles. The number of aliphatic hydroxyl groups excluding tert-OH is 1. The third-order valence-corrected chi connectivity index (χ3v) is 4.21. The van der Waals surface area contributed by atoms with Gasteiger partial charge in [-0.3, -0.25) is 0 Å². The standard InChI is InChI=1S/C13H22N6O/c1-9(20)10-4-7-19(8-10)13-16-11(14)15-12(17-13)18-5-2-3-6-18/h9-10,20H,2-8H2,1H3,(H2,14,15,16,17). The van der Waals surface area contributed by atoms with Gasteiger partial charge in [-0.05, 0) is 26.2 Å². The van der Waals surface area contributed by atoms with Crippen molar-refractivity contribution in [2.75, 3.05) is 41.7 Å². The number of anilines is 3. The lowest BCUT2D eigenvalue weighted by Crippen LogP contribution is -2.28. The van der Waals surface area contributed by atoms with Gasteiger partial charge in [-0.2, -0.15) is 15.0 Å². The largest absolute Gasteiger partial charge is 0.393 e. The minimum absolute atomic E-state index is 0.275. The zero-order valence-corrected chi connectivity index (χ0v) is 11.9. The first-order valence-corrected chi connectivity index (χ1v) is 7.33. The molecule has 110 valence electrons. The second kappa shape index (κ2) is 5.40. The maximum Gasteiger partial charge on any atom is 0.231 e. The van der Waals surface area contributed by atoms with Crippen molar-refractivity contribution in [3.63, 3.8) is 0 Å². The predicted octanol–water partition coefficient (Wildman–Crippen LogP) is 0.261. The van der Waals surface area contributed by atoms with Crippen LogP contribution in [0.2, 0.25) is 0 Å². The molecule has 2 aliphatic heterocycles. The quantitative estimate of drug-likeness (QED) is 0.819. The number of aromatic nitrogens is 3. The Morgan fingerprint density at radius 2 is 1.75 bits per heavy atom. The molecule has 0 aliphatic carbocycles. The first-order chi connectivity index (χ1) is 9.63. The van der Waals surface area contributed by atoms with Crippen molar-refractivity contribution in [3.8, 4) is 0 Å². The van der Waals surface area contributed by atoms with E-state index in [1.165, 1.54) is 12.8 Å². The molecule has 7 heteroatoms. The highest BCUT2D eigenvalue weighted by atomic mass is 16.3. The Balaban J connectivity index is 1.79. The molecule has 2 saturated heterocycles. The summed E-state index contributed by atoms with van der Waals surface area (Å²) in [7, 11) is 0. The topological polar surface area (TPSA) is 91.4 Å². The van der Waals surface area contributed by atoms with Crippen LogP contribution in [0.25, 0.3) is 0 Å². The molecule has 0 aromatic carbocycles. The Kier molecular flexibility index (Phi) is 3.60. The first kappa shape index (κ1) is 13.4. The van der Waals surface area contributed by atoms with E-state index in [2.05, 4.69) is 24.8 Å². The number of hydrogen-bond acceptors (Lipinski definition) is 7. The molecular weight excluding hydrogens is 256 g/mol. The second-order valence-corrected chi connectivity index (χ2v) is 5.72. The number of nitrogens with zero attached hydrogens (tertiary/aromatic N) is 5. The zero-order chi connectivity index (χ0) is 14.1. The van der Waals surface area contributed by atoms with Crippen molar-refractivity contribution < 1.29 is 5.11 Å². The van der Waals surface area contributed by atoms with Crippen LogP contribution in [0.3, 0.4) is 0 Å². The van der Waals surface area contributed by atoms with E-state index < -0.39 is 0 Å². The molecule has 0 amide bonds.